The lowest BCUT2D eigenvalue weighted by molar-refractivity contribution is -0.108. The third-order valence-electron chi connectivity index (χ3n) is 4.83. The summed E-state index contributed by atoms with van der Waals surface area (Å²) in [5.74, 6) is 1.02. The highest BCUT2D eigenvalue weighted by Gasteiger charge is 2.59. The molecule has 0 aliphatic heterocycles. The van der Waals surface area contributed by atoms with Crippen LogP contribution in [-0.2, 0) is 0 Å². The topological polar surface area (TPSA) is 12.0 Å². The van der Waals surface area contributed by atoms with E-state index in [0.717, 1.165) is 5.92 Å². The van der Waals surface area contributed by atoms with Crippen molar-refractivity contribution in [3.05, 3.63) is 0 Å². The lowest BCUT2D eigenvalue weighted by Crippen LogP contribution is -2.62. The Bertz CT molecular complexity index is 257. The van der Waals surface area contributed by atoms with Crippen molar-refractivity contribution in [1.82, 2.24) is 3.53 Å². The zero-order chi connectivity index (χ0) is 10.0. The summed E-state index contributed by atoms with van der Waals surface area (Å²) in [6.07, 6.45) is 8.78. The van der Waals surface area contributed by atoms with Crippen LogP contribution in [0.3, 0.4) is 0 Å². The maximum Gasteiger partial charge on any atom is 0.0287 e. The van der Waals surface area contributed by atoms with Crippen molar-refractivity contribution in [2.75, 3.05) is 0 Å². The van der Waals surface area contributed by atoms with E-state index in [1.807, 2.05) is 0 Å². The molecule has 0 aromatic carbocycles. The fourth-order valence-corrected chi connectivity index (χ4v) is 6.15. The molecule has 0 radical (unpaired) electrons. The Hall–Kier alpha value is 0.690. The van der Waals surface area contributed by atoms with Crippen LogP contribution in [0.4, 0.5) is 0 Å². The Labute approximate surface area is 101 Å². The van der Waals surface area contributed by atoms with Gasteiger partial charge in [-0.05, 0) is 55.3 Å². The van der Waals surface area contributed by atoms with E-state index in [1.165, 1.54) is 38.5 Å². The van der Waals surface area contributed by atoms with Crippen LogP contribution in [0.5, 0.6) is 0 Å². The molecule has 4 rings (SSSR count). The van der Waals surface area contributed by atoms with Gasteiger partial charge in [0.1, 0.15) is 0 Å². The zero-order valence-corrected chi connectivity index (χ0v) is 11.4. The number of rotatable bonds is 1. The third kappa shape index (κ3) is 1.29. The van der Waals surface area contributed by atoms with Crippen molar-refractivity contribution in [1.29, 1.82) is 0 Å². The van der Waals surface area contributed by atoms with E-state index in [0.29, 0.717) is 16.4 Å². The first-order chi connectivity index (χ1) is 6.47. The molecule has 0 saturated heterocycles. The highest BCUT2D eigenvalue weighted by molar-refractivity contribution is 14.1. The van der Waals surface area contributed by atoms with Gasteiger partial charge < -0.3 is 0 Å². The first-order valence-corrected chi connectivity index (χ1v) is 6.92. The fourth-order valence-electron chi connectivity index (χ4n) is 5.55. The minimum absolute atomic E-state index is 0.503. The molecule has 1 N–H and O–H groups in total. The van der Waals surface area contributed by atoms with Gasteiger partial charge in [-0.1, -0.05) is 13.8 Å². The molecule has 0 aromatic rings. The monoisotopic (exact) mass is 305 g/mol. The van der Waals surface area contributed by atoms with E-state index in [-0.39, 0.29) is 0 Å². The van der Waals surface area contributed by atoms with Crippen molar-refractivity contribution in [2.45, 2.75) is 57.9 Å². The Kier molecular flexibility index (Phi) is 1.89. The van der Waals surface area contributed by atoms with Gasteiger partial charge in [0.2, 0.25) is 0 Å². The van der Waals surface area contributed by atoms with Crippen LogP contribution in [0.2, 0.25) is 0 Å². The molecule has 0 spiro atoms. The van der Waals surface area contributed by atoms with E-state index in [2.05, 4.69) is 40.2 Å². The average Bonchev–Trinajstić information content (AvgIpc) is 1.97. The summed E-state index contributed by atoms with van der Waals surface area (Å²) in [5.41, 5.74) is 1.82. The highest BCUT2D eigenvalue weighted by Crippen LogP contribution is 2.66. The minimum Gasteiger partial charge on any atom is -0.255 e. The normalized spacial score (nSPS) is 60.6. The van der Waals surface area contributed by atoms with Crippen molar-refractivity contribution < 1.29 is 0 Å². The molecule has 14 heavy (non-hydrogen) atoms. The largest absolute Gasteiger partial charge is 0.255 e. The standard InChI is InChI=1S/C12H20IN/c1-10-3-9-4-11(2,6-10)8-12(5-9,7-10)14-13/h9,14H,3-8H2,1-2H3. The predicted octanol–water partition coefficient (Wildman–Crippen LogP) is 3.68. The number of nitrogens with one attached hydrogen (secondary N) is 1. The maximum atomic E-state index is 3.63. The molecule has 2 atom stereocenters. The highest BCUT2D eigenvalue weighted by atomic mass is 127. The second kappa shape index (κ2) is 2.68. The lowest BCUT2D eigenvalue weighted by atomic mass is 9.43. The number of hydrogen-bond donors (Lipinski definition) is 1. The van der Waals surface area contributed by atoms with Gasteiger partial charge in [0, 0.05) is 28.4 Å². The molecule has 2 heteroatoms. The van der Waals surface area contributed by atoms with E-state index in [1.54, 1.807) is 0 Å². The minimum atomic E-state index is 0.503. The zero-order valence-electron chi connectivity index (χ0n) is 9.20. The fraction of sp³-hybridized carbons (Fsp3) is 1.00. The molecular formula is C12H20IN. The molecule has 0 heterocycles. The molecular weight excluding hydrogens is 285 g/mol. The summed E-state index contributed by atoms with van der Waals surface area (Å²) in [4.78, 5) is 0. The summed E-state index contributed by atoms with van der Waals surface area (Å²) in [6.45, 7) is 5.05. The van der Waals surface area contributed by atoms with Gasteiger partial charge in [-0.25, -0.2) is 0 Å². The number of hydrogen-bond acceptors (Lipinski definition) is 1. The smallest absolute Gasteiger partial charge is 0.0287 e. The van der Waals surface area contributed by atoms with Crippen molar-refractivity contribution in [2.24, 2.45) is 16.7 Å². The van der Waals surface area contributed by atoms with Gasteiger partial charge in [0.05, 0.1) is 0 Å². The molecule has 0 aromatic heterocycles. The predicted molar refractivity (Wildman–Crippen MR) is 67.3 cm³/mol. The second-order valence-corrected chi connectivity index (χ2v) is 7.54. The molecule has 4 bridgehead atoms. The summed E-state index contributed by atoms with van der Waals surface area (Å²) in [7, 11) is 0. The molecule has 80 valence electrons. The lowest BCUT2D eigenvalue weighted by Gasteiger charge is -2.65. The molecule has 2 unspecified atom stereocenters. The number of halogens is 1. The van der Waals surface area contributed by atoms with Gasteiger partial charge in [0.15, 0.2) is 0 Å². The first kappa shape index (κ1) is 9.88. The van der Waals surface area contributed by atoms with Gasteiger partial charge in [-0.3, -0.25) is 3.53 Å². The van der Waals surface area contributed by atoms with Gasteiger partial charge in [-0.15, -0.1) is 0 Å². The van der Waals surface area contributed by atoms with Crippen LogP contribution in [0.25, 0.3) is 0 Å². The molecule has 1 nitrogen and oxygen atoms in total. The molecule has 4 saturated carbocycles. The summed E-state index contributed by atoms with van der Waals surface area (Å²) in [5, 5.41) is 0. The average molecular weight is 305 g/mol. The maximum absolute atomic E-state index is 3.63. The third-order valence-corrected chi connectivity index (χ3v) is 5.97. The van der Waals surface area contributed by atoms with E-state index < -0.39 is 0 Å². The Balaban J connectivity index is 2.01. The van der Waals surface area contributed by atoms with Crippen LogP contribution in [0.15, 0.2) is 0 Å². The first-order valence-electron chi connectivity index (χ1n) is 5.85. The summed E-state index contributed by atoms with van der Waals surface area (Å²) in [6, 6.07) is 0. The van der Waals surface area contributed by atoms with Crippen molar-refractivity contribution in [3.8, 4) is 0 Å². The van der Waals surface area contributed by atoms with Crippen LogP contribution in [0.1, 0.15) is 52.4 Å². The van der Waals surface area contributed by atoms with Gasteiger partial charge in [-0.2, -0.15) is 0 Å². The second-order valence-electron chi connectivity index (χ2n) is 7.00. The molecule has 4 fully saturated rings. The van der Waals surface area contributed by atoms with Crippen LogP contribution in [-0.4, -0.2) is 5.54 Å². The van der Waals surface area contributed by atoms with E-state index >= 15 is 0 Å². The SMILES string of the molecule is CC12CC3CC(C)(C1)CC(NI)(C3)C2. The van der Waals surface area contributed by atoms with Gasteiger partial charge in [0.25, 0.3) is 0 Å². The quantitative estimate of drug-likeness (QED) is 0.576. The molecule has 4 aliphatic rings. The Morgan fingerprint density at radius 3 is 2.00 bits per heavy atom. The summed E-state index contributed by atoms with van der Waals surface area (Å²) < 4.78 is 3.63. The molecule has 4 aliphatic carbocycles. The van der Waals surface area contributed by atoms with Crippen molar-refractivity contribution >= 4 is 22.9 Å². The summed E-state index contributed by atoms with van der Waals surface area (Å²) >= 11 is 2.40. The Morgan fingerprint density at radius 2 is 1.57 bits per heavy atom. The van der Waals surface area contributed by atoms with E-state index in [9.17, 15) is 0 Å². The van der Waals surface area contributed by atoms with Crippen molar-refractivity contribution in [3.63, 3.8) is 0 Å². The van der Waals surface area contributed by atoms with Crippen LogP contribution >= 0.6 is 22.9 Å². The van der Waals surface area contributed by atoms with Gasteiger partial charge >= 0.3 is 0 Å². The van der Waals surface area contributed by atoms with Crippen LogP contribution in [0, 0.1) is 16.7 Å². The van der Waals surface area contributed by atoms with E-state index in [4.69, 9.17) is 0 Å². The van der Waals surface area contributed by atoms with Crippen LogP contribution < -0.4 is 3.53 Å². The Morgan fingerprint density at radius 1 is 1.00 bits per heavy atom. The molecule has 0 amide bonds.